The first-order valence-corrected chi connectivity index (χ1v) is 8.04. The van der Waals surface area contributed by atoms with Gasteiger partial charge in [-0.15, -0.1) is 0 Å². The molecule has 0 spiro atoms. The summed E-state index contributed by atoms with van der Waals surface area (Å²) in [7, 11) is 0. The first-order chi connectivity index (χ1) is 9.65. The number of piperazine rings is 1. The van der Waals surface area contributed by atoms with Gasteiger partial charge in [-0.25, -0.2) is 4.98 Å². The minimum Gasteiger partial charge on any atom is -0.324 e. The van der Waals surface area contributed by atoms with E-state index in [1.807, 2.05) is 0 Å². The van der Waals surface area contributed by atoms with E-state index in [-0.39, 0.29) is 0 Å². The molecule has 2 heterocycles. The average Bonchev–Trinajstić information content (AvgIpc) is 2.76. The van der Waals surface area contributed by atoms with Gasteiger partial charge in [-0.3, -0.25) is 4.90 Å². The maximum Gasteiger partial charge on any atom is 0.124 e. The highest BCUT2D eigenvalue weighted by Gasteiger charge is 2.17. The topological polar surface area (TPSA) is 33.1 Å². The number of imidazole rings is 1. The number of nitrogens with zero attached hydrogens (tertiary/aromatic N) is 3. The molecule has 2 aromatic rings. The van der Waals surface area contributed by atoms with Crippen molar-refractivity contribution in [3.05, 3.63) is 28.5 Å². The molecule has 5 heteroatoms. The smallest absolute Gasteiger partial charge is 0.124 e. The van der Waals surface area contributed by atoms with E-state index in [4.69, 9.17) is 4.98 Å². The summed E-state index contributed by atoms with van der Waals surface area (Å²) >= 11 is 3.53. The standard InChI is InChI=1S/C15H21BrN4/c1-11(2)20-14-4-3-12(16)9-13(14)18-15(20)10-19-7-5-17-6-8-19/h3-4,9,11,17H,5-8,10H2,1-2H3. The maximum absolute atomic E-state index is 4.86. The number of benzene rings is 1. The third-order valence-corrected chi connectivity index (χ3v) is 4.31. The Bertz CT molecular complexity index is 599. The van der Waals surface area contributed by atoms with Gasteiger partial charge < -0.3 is 9.88 Å². The molecule has 108 valence electrons. The third kappa shape index (κ3) is 2.75. The number of aromatic nitrogens is 2. The van der Waals surface area contributed by atoms with Crippen molar-refractivity contribution in [1.29, 1.82) is 0 Å². The SMILES string of the molecule is CC(C)n1c(CN2CCNCC2)nc2cc(Br)ccc21. The van der Waals surface area contributed by atoms with Crippen LogP contribution < -0.4 is 5.32 Å². The van der Waals surface area contributed by atoms with Crippen LogP contribution in [0.5, 0.6) is 0 Å². The molecule has 0 bridgehead atoms. The van der Waals surface area contributed by atoms with E-state index in [0.717, 1.165) is 42.7 Å². The number of halogens is 1. The van der Waals surface area contributed by atoms with Crippen LogP contribution in [0.25, 0.3) is 11.0 Å². The highest BCUT2D eigenvalue weighted by molar-refractivity contribution is 9.10. The Kier molecular flexibility index (Phi) is 4.10. The molecule has 1 saturated heterocycles. The van der Waals surface area contributed by atoms with Gasteiger partial charge in [0, 0.05) is 36.7 Å². The molecule has 1 fully saturated rings. The van der Waals surface area contributed by atoms with Crippen LogP contribution in [0, 0.1) is 0 Å². The Morgan fingerprint density at radius 1 is 1.30 bits per heavy atom. The van der Waals surface area contributed by atoms with Crippen LogP contribution in [-0.2, 0) is 6.54 Å². The zero-order valence-electron chi connectivity index (χ0n) is 12.1. The molecule has 0 unspecified atom stereocenters. The molecule has 3 rings (SSSR count). The fraction of sp³-hybridized carbons (Fsp3) is 0.533. The summed E-state index contributed by atoms with van der Waals surface area (Å²) in [5, 5.41) is 3.40. The number of fused-ring (bicyclic) bond motifs is 1. The van der Waals surface area contributed by atoms with Crippen molar-refractivity contribution in [2.45, 2.75) is 26.4 Å². The Balaban J connectivity index is 1.97. The first kappa shape index (κ1) is 14.0. The molecule has 1 aliphatic rings. The molecule has 20 heavy (non-hydrogen) atoms. The van der Waals surface area contributed by atoms with E-state index in [0.29, 0.717) is 6.04 Å². The molecular formula is C15H21BrN4. The Hall–Kier alpha value is -0.910. The number of nitrogens with one attached hydrogen (secondary N) is 1. The molecule has 1 aromatic carbocycles. The Labute approximate surface area is 128 Å². The quantitative estimate of drug-likeness (QED) is 0.935. The molecule has 0 atom stereocenters. The largest absolute Gasteiger partial charge is 0.324 e. The lowest BCUT2D eigenvalue weighted by molar-refractivity contribution is 0.224. The highest BCUT2D eigenvalue weighted by Crippen LogP contribution is 2.25. The van der Waals surface area contributed by atoms with Gasteiger partial charge in [0.25, 0.3) is 0 Å². The molecular weight excluding hydrogens is 316 g/mol. The summed E-state index contributed by atoms with van der Waals surface area (Å²) < 4.78 is 3.45. The van der Waals surface area contributed by atoms with E-state index in [2.05, 4.69) is 62.8 Å². The molecule has 4 nitrogen and oxygen atoms in total. The Morgan fingerprint density at radius 3 is 2.75 bits per heavy atom. The molecule has 0 amide bonds. The predicted molar refractivity (Wildman–Crippen MR) is 86.0 cm³/mol. The van der Waals surface area contributed by atoms with Gasteiger partial charge in [-0.1, -0.05) is 15.9 Å². The van der Waals surface area contributed by atoms with Gasteiger partial charge in [-0.05, 0) is 32.0 Å². The second-order valence-electron chi connectivity index (χ2n) is 5.65. The van der Waals surface area contributed by atoms with Gasteiger partial charge in [0.15, 0.2) is 0 Å². The summed E-state index contributed by atoms with van der Waals surface area (Å²) in [4.78, 5) is 7.34. The van der Waals surface area contributed by atoms with Crippen molar-refractivity contribution in [3.8, 4) is 0 Å². The fourth-order valence-electron chi connectivity index (χ4n) is 2.88. The molecule has 1 aromatic heterocycles. The van der Waals surface area contributed by atoms with Crippen molar-refractivity contribution >= 4 is 27.0 Å². The summed E-state index contributed by atoms with van der Waals surface area (Å²) in [5.41, 5.74) is 2.31. The van der Waals surface area contributed by atoms with E-state index in [1.54, 1.807) is 0 Å². The van der Waals surface area contributed by atoms with Crippen LogP contribution >= 0.6 is 15.9 Å². The summed E-state index contributed by atoms with van der Waals surface area (Å²) in [6.45, 7) is 9.75. The van der Waals surface area contributed by atoms with Gasteiger partial charge >= 0.3 is 0 Å². The molecule has 1 N–H and O–H groups in total. The highest BCUT2D eigenvalue weighted by atomic mass is 79.9. The monoisotopic (exact) mass is 336 g/mol. The van der Waals surface area contributed by atoms with Crippen LogP contribution in [0.1, 0.15) is 25.7 Å². The van der Waals surface area contributed by atoms with Crippen LogP contribution in [0.2, 0.25) is 0 Å². The lowest BCUT2D eigenvalue weighted by Crippen LogP contribution is -2.43. The minimum atomic E-state index is 0.430. The zero-order valence-corrected chi connectivity index (χ0v) is 13.7. The number of hydrogen-bond acceptors (Lipinski definition) is 3. The maximum atomic E-state index is 4.86. The van der Waals surface area contributed by atoms with E-state index in [9.17, 15) is 0 Å². The summed E-state index contributed by atoms with van der Waals surface area (Å²) in [6, 6.07) is 6.79. The lowest BCUT2D eigenvalue weighted by Gasteiger charge is -2.27. The van der Waals surface area contributed by atoms with Gasteiger partial charge in [0.05, 0.1) is 17.6 Å². The van der Waals surface area contributed by atoms with Crippen LogP contribution in [-0.4, -0.2) is 40.6 Å². The Morgan fingerprint density at radius 2 is 2.05 bits per heavy atom. The van der Waals surface area contributed by atoms with Crippen molar-refractivity contribution in [2.75, 3.05) is 26.2 Å². The van der Waals surface area contributed by atoms with Crippen molar-refractivity contribution in [1.82, 2.24) is 19.8 Å². The van der Waals surface area contributed by atoms with Crippen LogP contribution in [0.3, 0.4) is 0 Å². The van der Waals surface area contributed by atoms with Crippen molar-refractivity contribution in [3.63, 3.8) is 0 Å². The van der Waals surface area contributed by atoms with Crippen LogP contribution in [0.15, 0.2) is 22.7 Å². The summed E-state index contributed by atoms with van der Waals surface area (Å²) in [6.07, 6.45) is 0. The van der Waals surface area contributed by atoms with Crippen molar-refractivity contribution < 1.29 is 0 Å². The number of rotatable bonds is 3. The zero-order chi connectivity index (χ0) is 14.1. The van der Waals surface area contributed by atoms with E-state index >= 15 is 0 Å². The van der Waals surface area contributed by atoms with Gasteiger partial charge in [0.2, 0.25) is 0 Å². The first-order valence-electron chi connectivity index (χ1n) is 7.24. The fourth-order valence-corrected chi connectivity index (χ4v) is 3.23. The average molecular weight is 337 g/mol. The van der Waals surface area contributed by atoms with Gasteiger partial charge in [-0.2, -0.15) is 0 Å². The predicted octanol–water partition coefficient (Wildman–Crippen LogP) is 2.78. The molecule has 0 saturated carbocycles. The van der Waals surface area contributed by atoms with E-state index in [1.165, 1.54) is 11.3 Å². The summed E-state index contributed by atoms with van der Waals surface area (Å²) in [5.74, 6) is 1.18. The minimum absolute atomic E-state index is 0.430. The van der Waals surface area contributed by atoms with Gasteiger partial charge in [0.1, 0.15) is 5.82 Å². The molecule has 0 aliphatic carbocycles. The second kappa shape index (κ2) is 5.84. The lowest BCUT2D eigenvalue weighted by atomic mass is 10.3. The molecule has 1 aliphatic heterocycles. The van der Waals surface area contributed by atoms with Crippen molar-refractivity contribution in [2.24, 2.45) is 0 Å². The van der Waals surface area contributed by atoms with Crippen LogP contribution in [0.4, 0.5) is 0 Å². The number of hydrogen-bond donors (Lipinski definition) is 1. The third-order valence-electron chi connectivity index (χ3n) is 3.82. The van der Waals surface area contributed by atoms with E-state index < -0.39 is 0 Å². The molecule has 0 radical (unpaired) electrons. The normalized spacial score (nSPS) is 17.2. The second-order valence-corrected chi connectivity index (χ2v) is 6.57.